The zero-order valence-electron chi connectivity index (χ0n) is 8.63. The van der Waals surface area contributed by atoms with Gasteiger partial charge in [-0.2, -0.15) is 0 Å². The summed E-state index contributed by atoms with van der Waals surface area (Å²) in [6, 6.07) is -0.146. The monoisotopic (exact) mass is 210 g/mol. The first kappa shape index (κ1) is 9.91. The van der Waals surface area contributed by atoms with Crippen molar-refractivity contribution in [1.82, 2.24) is 24.9 Å². The molecule has 1 aromatic heterocycles. The van der Waals surface area contributed by atoms with E-state index in [1.54, 1.807) is 22.8 Å². The van der Waals surface area contributed by atoms with E-state index in [0.717, 1.165) is 18.7 Å². The van der Waals surface area contributed by atoms with Gasteiger partial charge < -0.3 is 4.90 Å². The van der Waals surface area contributed by atoms with Crippen LogP contribution in [0.4, 0.5) is 4.79 Å². The minimum Gasteiger partial charge on any atom is -0.317 e. The Morgan fingerprint density at radius 3 is 3.00 bits per heavy atom. The van der Waals surface area contributed by atoms with Crippen LogP contribution in [0.2, 0.25) is 0 Å². The maximum Gasteiger partial charge on any atom is 0.334 e. The molecule has 1 aliphatic rings. The summed E-state index contributed by atoms with van der Waals surface area (Å²) in [6.07, 6.45) is 2.69. The van der Waals surface area contributed by atoms with Crippen molar-refractivity contribution in [2.45, 2.75) is 13.0 Å². The number of hydrazine groups is 1. The fourth-order valence-electron chi connectivity index (χ4n) is 1.61. The van der Waals surface area contributed by atoms with Gasteiger partial charge in [0.2, 0.25) is 0 Å². The average Bonchev–Trinajstić information content (AvgIpc) is 2.59. The van der Waals surface area contributed by atoms with E-state index in [1.807, 2.05) is 0 Å². The summed E-state index contributed by atoms with van der Waals surface area (Å²) in [5.41, 5.74) is 0.779. The molecule has 1 aliphatic heterocycles. The number of aryl methyl sites for hydroxylation is 1. The van der Waals surface area contributed by atoms with E-state index in [-0.39, 0.29) is 6.03 Å². The molecule has 1 fully saturated rings. The number of aromatic nitrogens is 3. The van der Waals surface area contributed by atoms with Crippen LogP contribution in [0.15, 0.2) is 6.20 Å². The molecule has 0 unspecified atom stereocenters. The highest BCUT2D eigenvalue weighted by atomic mass is 16.2. The summed E-state index contributed by atoms with van der Waals surface area (Å²) in [5, 5.41) is 8.98. The van der Waals surface area contributed by atoms with Crippen molar-refractivity contribution in [1.29, 1.82) is 0 Å². The van der Waals surface area contributed by atoms with Gasteiger partial charge in [0.1, 0.15) is 5.69 Å². The van der Waals surface area contributed by atoms with Gasteiger partial charge in [0.15, 0.2) is 0 Å². The summed E-state index contributed by atoms with van der Waals surface area (Å²) in [4.78, 5) is 13.3. The second-order valence-corrected chi connectivity index (χ2v) is 3.63. The SMILES string of the molecule is Cn1cc(CN2CCCN(N)C2=O)nn1. The van der Waals surface area contributed by atoms with E-state index in [0.29, 0.717) is 13.1 Å². The van der Waals surface area contributed by atoms with Crippen molar-refractivity contribution in [3.8, 4) is 0 Å². The van der Waals surface area contributed by atoms with E-state index in [4.69, 9.17) is 5.84 Å². The van der Waals surface area contributed by atoms with Gasteiger partial charge in [0, 0.05) is 26.3 Å². The van der Waals surface area contributed by atoms with E-state index in [1.165, 1.54) is 5.01 Å². The van der Waals surface area contributed by atoms with Gasteiger partial charge >= 0.3 is 6.03 Å². The lowest BCUT2D eigenvalue weighted by atomic mass is 10.3. The maximum absolute atomic E-state index is 11.6. The number of carbonyl (C=O) groups is 1. The topological polar surface area (TPSA) is 80.3 Å². The average molecular weight is 210 g/mol. The molecule has 2 heterocycles. The van der Waals surface area contributed by atoms with Crippen LogP contribution in [-0.4, -0.2) is 44.0 Å². The highest BCUT2D eigenvalue weighted by Crippen LogP contribution is 2.08. The van der Waals surface area contributed by atoms with E-state index in [9.17, 15) is 4.79 Å². The van der Waals surface area contributed by atoms with Crippen LogP contribution in [-0.2, 0) is 13.6 Å². The molecule has 0 atom stereocenters. The molecule has 0 bridgehead atoms. The molecular weight excluding hydrogens is 196 g/mol. The molecule has 7 heteroatoms. The highest BCUT2D eigenvalue weighted by molar-refractivity contribution is 5.74. The third-order valence-electron chi connectivity index (χ3n) is 2.35. The molecule has 15 heavy (non-hydrogen) atoms. The van der Waals surface area contributed by atoms with Gasteiger partial charge in [-0.15, -0.1) is 5.10 Å². The quantitative estimate of drug-likeness (QED) is 0.518. The van der Waals surface area contributed by atoms with Crippen molar-refractivity contribution >= 4 is 6.03 Å². The Bertz CT molecular complexity index is 362. The minimum absolute atomic E-state index is 0.146. The first-order valence-electron chi connectivity index (χ1n) is 4.83. The third kappa shape index (κ3) is 2.07. The molecule has 0 aliphatic carbocycles. The van der Waals surface area contributed by atoms with Crippen molar-refractivity contribution in [3.05, 3.63) is 11.9 Å². The van der Waals surface area contributed by atoms with Gasteiger partial charge in [0.25, 0.3) is 0 Å². The molecule has 0 radical (unpaired) electrons. The van der Waals surface area contributed by atoms with Crippen LogP contribution in [0.5, 0.6) is 0 Å². The van der Waals surface area contributed by atoms with Crippen molar-refractivity contribution in [2.24, 2.45) is 12.9 Å². The van der Waals surface area contributed by atoms with Crippen LogP contribution in [0.1, 0.15) is 12.1 Å². The lowest BCUT2D eigenvalue weighted by Crippen LogP contribution is -2.52. The van der Waals surface area contributed by atoms with Crippen molar-refractivity contribution < 1.29 is 4.79 Å². The number of urea groups is 1. The number of nitrogens with two attached hydrogens (primary N) is 1. The van der Waals surface area contributed by atoms with E-state index >= 15 is 0 Å². The molecule has 7 nitrogen and oxygen atoms in total. The van der Waals surface area contributed by atoms with Crippen LogP contribution < -0.4 is 5.84 Å². The van der Waals surface area contributed by atoms with Gasteiger partial charge in [-0.25, -0.2) is 10.6 Å². The molecule has 2 amide bonds. The molecule has 0 saturated carbocycles. The first-order valence-corrected chi connectivity index (χ1v) is 4.83. The van der Waals surface area contributed by atoms with Gasteiger partial charge in [-0.1, -0.05) is 5.21 Å². The molecule has 1 aromatic rings. The Morgan fingerprint density at radius 1 is 1.53 bits per heavy atom. The molecule has 82 valence electrons. The van der Waals surface area contributed by atoms with Crippen LogP contribution in [0.25, 0.3) is 0 Å². The zero-order chi connectivity index (χ0) is 10.8. The number of hydrogen-bond acceptors (Lipinski definition) is 4. The predicted octanol–water partition coefficient (Wildman–Crippen LogP) is -0.683. The van der Waals surface area contributed by atoms with Gasteiger partial charge in [-0.05, 0) is 6.42 Å². The molecule has 0 spiro atoms. The highest BCUT2D eigenvalue weighted by Gasteiger charge is 2.23. The first-order chi connectivity index (χ1) is 7.16. The fourth-order valence-corrected chi connectivity index (χ4v) is 1.61. The molecule has 0 aromatic carbocycles. The van der Waals surface area contributed by atoms with Crippen molar-refractivity contribution in [3.63, 3.8) is 0 Å². The van der Waals surface area contributed by atoms with Crippen LogP contribution >= 0.6 is 0 Å². The normalized spacial score (nSPS) is 17.3. The van der Waals surface area contributed by atoms with Crippen LogP contribution in [0.3, 0.4) is 0 Å². The Balaban J connectivity index is 2.02. The fraction of sp³-hybridized carbons (Fsp3) is 0.625. The largest absolute Gasteiger partial charge is 0.334 e. The lowest BCUT2D eigenvalue weighted by molar-refractivity contribution is 0.126. The van der Waals surface area contributed by atoms with Gasteiger partial charge in [0.05, 0.1) is 6.54 Å². The molecule has 1 saturated heterocycles. The summed E-state index contributed by atoms with van der Waals surface area (Å²) in [5.74, 6) is 5.53. The predicted molar refractivity (Wildman–Crippen MR) is 52.3 cm³/mol. The minimum atomic E-state index is -0.146. The molecular formula is C8H14N6O. The Kier molecular flexibility index (Phi) is 2.55. The number of carbonyl (C=O) groups excluding carboxylic acids is 1. The van der Waals surface area contributed by atoms with Crippen LogP contribution in [0, 0.1) is 0 Å². The summed E-state index contributed by atoms with van der Waals surface area (Å²) in [7, 11) is 1.80. The maximum atomic E-state index is 11.6. The zero-order valence-corrected chi connectivity index (χ0v) is 8.63. The Labute approximate surface area is 87.4 Å². The van der Waals surface area contributed by atoms with E-state index < -0.39 is 0 Å². The third-order valence-corrected chi connectivity index (χ3v) is 2.35. The second-order valence-electron chi connectivity index (χ2n) is 3.63. The molecule has 2 N–H and O–H groups in total. The number of rotatable bonds is 2. The summed E-state index contributed by atoms with van der Waals surface area (Å²) >= 11 is 0. The second kappa shape index (κ2) is 3.85. The molecule has 2 rings (SSSR count). The number of nitrogens with zero attached hydrogens (tertiary/aromatic N) is 5. The van der Waals surface area contributed by atoms with E-state index in [2.05, 4.69) is 10.3 Å². The summed E-state index contributed by atoms with van der Waals surface area (Å²) in [6.45, 7) is 1.82. The Morgan fingerprint density at radius 2 is 2.33 bits per heavy atom. The van der Waals surface area contributed by atoms with Gasteiger partial charge in [-0.3, -0.25) is 9.69 Å². The number of hydrogen-bond donors (Lipinski definition) is 1. The summed E-state index contributed by atoms with van der Waals surface area (Å²) < 4.78 is 1.62. The lowest BCUT2D eigenvalue weighted by Gasteiger charge is -2.32. The standard InChI is InChI=1S/C8H14N6O/c1-12-5-7(10-11-12)6-13-3-2-4-14(9)8(13)15/h5H,2-4,6,9H2,1H3. The Hall–Kier alpha value is -1.63. The number of amides is 2. The van der Waals surface area contributed by atoms with Crippen molar-refractivity contribution in [2.75, 3.05) is 13.1 Å². The smallest absolute Gasteiger partial charge is 0.317 e.